The van der Waals surface area contributed by atoms with Crippen molar-refractivity contribution in [2.75, 3.05) is 6.61 Å². The first-order valence-electron chi connectivity index (χ1n) is 4.19. The van der Waals surface area contributed by atoms with Crippen LogP contribution in [0.15, 0.2) is 6.20 Å². The molecule has 1 aromatic heterocycles. The summed E-state index contributed by atoms with van der Waals surface area (Å²) in [4.78, 5) is 0. The van der Waals surface area contributed by atoms with E-state index in [2.05, 4.69) is 12.0 Å². The molecule has 0 radical (unpaired) electrons. The standard InChI is InChI=1S/C8H13N3O/c1-6-4-11-8(12-5-6)7(2-9)3-10-11/h3,6H,2,4-5,9H2,1H3/t6-/m0/s1. The maximum absolute atomic E-state index is 5.52. The Morgan fingerprint density at radius 3 is 3.42 bits per heavy atom. The summed E-state index contributed by atoms with van der Waals surface area (Å²) in [5.41, 5.74) is 6.52. The highest BCUT2D eigenvalue weighted by molar-refractivity contribution is 5.24. The lowest BCUT2D eigenvalue weighted by atomic mass is 10.2. The van der Waals surface area contributed by atoms with E-state index in [1.165, 1.54) is 0 Å². The Morgan fingerprint density at radius 1 is 1.83 bits per heavy atom. The van der Waals surface area contributed by atoms with E-state index in [9.17, 15) is 0 Å². The number of nitrogens with zero attached hydrogens (tertiary/aromatic N) is 2. The molecule has 1 aliphatic heterocycles. The number of hydrogen-bond donors (Lipinski definition) is 1. The minimum Gasteiger partial charge on any atom is -0.477 e. The highest BCUT2D eigenvalue weighted by atomic mass is 16.5. The van der Waals surface area contributed by atoms with Crippen molar-refractivity contribution in [2.45, 2.75) is 20.0 Å². The van der Waals surface area contributed by atoms with Gasteiger partial charge >= 0.3 is 0 Å². The van der Waals surface area contributed by atoms with Gasteiger partial charge in [-0.15, -0.1) is 0 Å². The molecular weight excluding hydrogens is 154 g/mol. The van der Waals surface area contributed by atoms with Crippen LogP contribution in [0.4, 0.5) is 0 Å². The molecule has 2 rings (SSSR count). The van der Waals surface area contributed by atoms with Gasteiger partial charge in [-0.25, -0.2) is 4.68 Å². The van der Waals surface area contributed by atoms with Crippen LogP contribution in [-0.4, -0.2) is 16.4 Å². The number of ether oxygens (including phenoxy) is 1. The van der Waals surface area contributed by atoms with Crippen LogP contribution in [-0.2, 0) is 13.1 Å². The minimum atomic E-state index is 0.504. The number of nitrogens with two attached hydrogens (primary N) is 1. The second-order valence-electron chi connectivity index (χ2n) is 3.28. The summed E-state index contributed by atoms with van der Waals surface area (Å²) in [6, 6.07) is 0. The van der Waals surface area contributed by atoms with E-state index in [0.717, 1.165) is 24.6 Å². The molecule has 0 fully saturated rings. The lowest BCUT2D eigenvalue weighted by Crippen LogP contribution is -2.24. The van der Waals surface area contributed by atoms with Crippen molar-refractivity contribution in [1.82, 2.24) is 9.78 Å². The fraction of sp³-hybridized carbons (Fsp3) is 0.625. The van der Waals surface area contributed by atoms with Crippen molar-refractivity contribution in [3.63, 3.8) is 0 Å². The first kappa shape index (κ1) is 7.61. The minimum absolute atomic E-state index is 0.504. The van der Waals surface area contributed by atoms with Gasteiger partial charge in [-0.05, 0) is 0 Å². The predicted octanol–water partition coefficient (Wildman–Crippen LogP) is 0.370. The van der Waals surface area contributed by atoms with Crippen LogP contribution >= 0.6 is 0 Å². The molecule has 1 aromatic rings. The van der Waals surface area contributed by atoms with E-state index in [1.54, 1.807) is 6.20 Å². The zero-order valence-corrected chi connectivity index (χ0v) is 7.16. The first-order valence-corrected chi connectivity index (χ1v) is 4.19. The second-order valence-corrected chi connectivity index (χ2v) is 3.28. The van der Waals surface area contributed by atoms with Crippen LogP contribution < -0.4 is 10.5 Å². The van der Waals surface area contributed by atoms with E-state index >= 15 is 0 Å². The molecule has 2 heterocycles. The molecule has 0 saturated heterocycles. The monoisotopic (exact) mass is 167 g/mol. The van der Waals surface area contributed by atoms with Crippen molar-refractivity contribution in [2.24, 2.45) is 11.7 Å². The zero-order chi connectivity index (χ0) is 8.55. The molecular formula is C8H13N3O. The zero-order valence-electron chi connectivity index (χ0n) is 7.16. The van der Waals surface area contributed by atoms with Crippen LogP contribution in [0.1, 0.15) is 12.5 Å². The smallest absolute Gasteiger partial charge is 0.216 e. The molecule has 0 unspecified atom stereocenters. The average molecular weight is 167 g/mol. The predicted molar refractivity (Wildman–Crippen MR) is 44.8 cm³/mol. The van der Waals surface area contributed by atoms with E-state index in [-0.39, 0.29) is 0 Å². The Hall–Kier alpha value is -1.03. The van der Waals surface area contributed by atoms with Crippen LogP contribution in [0.2, 0.25) is 0 Å². The largest absolute Gasteiger partial charge is 0.477 e. The third-order valence-corrected chi connectivity index (χ3v) is 2.07. The topological polar surface area (TPSA) is 53.1 Å². The maximum Gasteiger partial charge on any atom is 0.216 e. The molecule has 0 bridgehead atoms. The number of fused-ring (bicyclic) bond motifs is 1. The van der Waals surface area contributed by atoms with Gasteiger partial charge in [0, 0.05) is 18.0 Å². The summed E-state index contributed by atoms with van der Waals surface area (Å²) >= 11 is 0. The first-order chi connectivity index (χ1) is 5.81. The highest BCUT2D eigenvalue weighted by Gasteiger charge is 2.19. The number of hydrogen-bond acceptors (Lipinski definition) is 3. The Labute approximate surface area is 71.3 Å². The summed E-state index contributed by atoms with van der Waals surface area (Å²) < 4.78 is 7.40. The molecule has 1 atom stereocenters. The third kappa shape index (κ3) is 1.08. The lowest BCUT2D eigenvalue weighted by molar-refractivity contribution is 0.173. The van der Waals surface area contributed by atoms with E-state index < -0.39 is 0 Å². The van der Waals surface area contributed by atoms with E-state index in [1.807, 2.05) is 4.68 Å². The maximum atomic E-state index is 5.52. The van der Waals surface area contributed by atoms with Crippen molar-refractivity contribution in [3.8, 4) is 5.88 Å². The van der Waals surface area contributed by atoms with Crippen LogP contribution in [0.5, 0.6) is 5.88 Å². The third-order valence-electron chi connectivity index (χ3n) is 2.07. The van der Waals surface area contributed by atoms with E-state index in [4.69, 9.17) is 10.5 Å². The molecule has 4 heteroatoms. The number of aromatic nitrogens is 2. The normalized spacial score (nSPS) is 21.7. The van der Waals surface area contributed by atoms with E-state index in [0.29, 0.717) is 12.5 Å². The molecule has 0 aromatic carbocycles. The molecule has 4 nitrogen and oxygen atoms in total. The van der Waals surface area contributed by atoms with Crippen molar-refractivity contribution in [3.05, 3.63) is 11.8 Å². The molecule has 0 saturated carbocycles. The van der Waals surface area contributed by atoms with Gasteiger partial charge in [0.15, 0.2) is 0 Å². The summed E-state index contributed by atoms with van der Waals surface area (Å²) in [5.74, 6) is 1.40. The van der Waals surface area contributed by atoms with Gasteiger partial charge in [0.1, 0.15) is 0 Å². The number of rotatable bonds is 1. The van der Waals surface area contributed by atoms with Crippen LogP contribution in [0.3, 0.4) is 0 Å². The van der Waals surface area contributed by atoms with Gasteiger partial charge < -0.3 is 10.5 Å². The Balaban J connectivity index is 2.32. The summed E-state index contributed by atoms with van der Waals surface area (Å²) in [5, 5.41) is 4.19. The Kier molecular flexibility index (Phi) is 1.77. The molecule has 0 spiro atoms. The molecule has 2 N–H and O–H groups in total. The highest BCUT2D eigenvalue weighted by Crippen LogP contribution is 2.23. The van der Waals surface area contributed by atoms with Crippen molar-refractivity contribution >= 4 is 0 Å². The van der Waals surface area contributed by atoms with Gasteiger partial charge in [0.05, 0.1) is 19.3 Å². The Morgan fingerprint density at radius 2 is 2.67 bits per heavy atom. The van der Waals surface area contributed by atoms with Crippen molar-refractivity contribution < 1.29 is 4.74 Å². The SMILES string of the molecule is C[C@@H]1COc2c(CN)cnn2C1. The summed E-state index contributed by atoms with van der Waals surface area (Å²) in [7, 11) is 0. The van der Waals surface area contributed by atoms with Gasteiger partial charge in [-0.2, -0.15) is 5.10 Å². The molecule has 0 amide bonds. The van der Waals surface area contributed by atoms with Crippen LogP contribution in [0, 0.1) is 5.92 Å². The lowest BCUT2D eigenvalue weighted by Gasteiger charge is -2.21. The summed E-state index contributed by atoms with van der Waals surface area (Å²) in [6.07, 6.45) is 1.79. The van der Waals surface area contributed by atoms with Gasteiger partial charge in [0.2, 0.25) is 5.88 Å². The van der Waals surface area contributed by atoms with Gasteiger partial charge in [-0.1, -0.05) is 6.92 Å². The molecule has 66 valence electrons. The quantitative estimate of drug-likeness (QED) is 0.657. The Bertz CT molecular complexity index is 282. The van der Waals surface area contributed by atoms with Gasteiger partial charge in [0.25, 0.3) is 0 Å². The molecule has 12 heavy (non-hydrogen) atoms. The van der Waals surface area contributed by atoms with Gasteiger partial charge in [-0.3, -0.25) is 0 Å². The molecule has 0 aliphatic carbocycles. The fourth-order valence-corrected chi connectivity index (χ4v) is 1.42. The fourth-order valence-electron chi connectivity index (χ4n) is 1.42. The average Bonchev–Trinajstić information content (AvgIpc) is 2.46. The van der Waals surface area contributed by atoms with Crippen LogP contribution in [0.25, 0.3) is 0 Å². The summed E-state index contributed by atoms with van der Waals surface area (Å²) in [6.45, 7) is 4.37. The second kappa shape index (κ2) is 2.79. The molecule has 1 aliphatic rings. The van der Waals surface area contributed by atoms with Crippen molar-refractivity contribution in [1.29, 1.82) is 0 Å².